The Hall–Kier alpha value is -2.57. The maximum atomic E-state index is 13.0. The van der Waals surface area contributed by atoms with Crippen molar-refractivity contribution in [2.24, 2.45) is 5.92 Å². The SMILES string of the molecule is O=C(Nc1cccc(C(=O)N2CCCCC2)c1)C1CCCN(C(=O)c2ccc(Cl)c(Cl)c2)C1. The van der Waals surface area contributed by atoms with Gasteiger partial charge in [-0.25, -0.2) is 0 Å². The molecule has 6 nitrogen and oxygen atoms in total. The first-order chi connectivity index (χ1) is 15.9. The van der Waals surface area contributed by atoms with Crippen LogP contribution in [-0.2, 0) is 4.79 Å². The number of hydrogen-bond donors (Lipinski definition) is 1. The Kier molecular flexibility index (Phi) is 7.56. The van der Waals surface area contributed by atoms with Crippen molar-refractivity contribution in [1.82, 2.24) is 9.80 Å². The Bertz CT molecular complexity index is 1050. The fourth-order valence-electron chi connectivity index (χ4n) is 4.44. The van der Waals surface area contributed by atoms with Crippen LogP contribution in [0.4, 0.5) is 5.69 Å². The second-order valence-corrected chi connectivity index (χ2v) is 9.46. The number of likely N-dealkylation sites (tertiary alicyclic amines) is 2. The largest absolute Gasteiger partial charge is 0.339 e. The average molecular weight is 488 g/mol. The van der Waals surface area contributed by atoms with E-state index in [-0.39, 0.29) is 23.6 Å². The van der Waals surface area contributed by atoms with Crippen LogP contribution in [0.5, 0.6) is 0 Å². The summed E-state index contributed by atoms with van der Waals surface area (Å²) in [6, 6.07) is 11.9. The number of carbonyl (C=O) groups is 3. The Balaban J connectivity index is 1.39. The summed E-state index contributed by atoms with van der Waals surface area (Å²) in [6.45, 7) is 2.47. The van der Waals surface area contributed by atoms with Crippen LogP contribution in [0.2, 0.25) is 10.0 Å². The molecule has 33 heavy (non-hydrogen) atoms. The molecule has 2 heterocycles. The zero-order chi connectivity index (χ0) is 23.4. The fourth-order valence-corrected chi connectivity index (χ4v) is 4.74. The molecule has 2 aromatic rings. The predicted molar refractivity (Wildman–Crippen MR) is 130 cm³/mol. The number of carbonyl (C=O) groups excluding carboxylic acids is 3. The van der Waals surface area contributed by atoms with Gasteiger partial charge in [-0.1, -0.05) is 29.3 Å². The fraction of sp³-hybridized carbons (Fsp3) is 0.400. The van der Waals surface area contributed by atoms with E-state index in [4.69, 9.17) is 23.2 Å². The highest BCUT2D eigenvalue weighted by Crippen LogP contribution is 2.26. The van der Waals surface area contributed by atoms with Gasteiger partial charge in [0, 0.05) is 43.0 Å². The van der Waals surface area contributed by atoms with Crippen molar-refractivity contribution < 1.29 is 14.4 Å². The van der Waals surface area contributed by atoms with E-state index in [0.717, 1.165) is 38.8 Å². The van der Waals surface area contributed by atoms with Gasteiger partial charge in [0.1, 0.15) is 0 Å². The van der Waals surface area contributed by atoms with Crippen molar-refractivity contribution in [2.75, 3.05) is 31.5 Å². The number of hydrogen-bond acceptors (Lipinski definition) is 3. The van der Waals surface area contributed by atoms with E-state index >= 15 is 0 Å². The van der Waals surface area contributed by atoms with Gasteiger partial charge in [0.15, 0.2) is 0 Å². The molecule has 0 bridgehead atoms. The lowest BCUT2D eigenvalue weighted by Gasteiger charge is -2.32. The number of amides is 3. The molecule has 3 amide bonds. The molecule has 0 aliphatic carbocycles. The van der Waals surface area contributed by atoms with Crippen LogP contribution < -0.4 is 5.32 Å². The van der Waals surface area contributed by atoms with E-state index in [1.54, 1.807) is 47.4 Å². The van der Waals surface area contributed by atoms with E-state index in [9.17, 15) is 14.4 Å². The molecule has 1 N–H and O–H groups in total. The van der Waals surface area contributed by atoms with Gasteiger partial charge in [0.05, 0.1) is 16.0 Å². The van der Waals surface area contributed by atoms with Crippen molar-refractivity contribution in [3.8, 4) is 0 Å². The highest BCUT2D eigenvalue weighted by Gasteiger charge is 2.29. The van der Waals surface area contributed by atoms with E-state index in [1.807, 2.05) is 4.90 Å². The third-order valence-electron chi connectivity index (χ3n) is 6.27. The smallest absolute Gasteiger partial charge is 0.253 e. The summed E-state index contributed by atoms with van der Waals surface area (Å²) in [4.78, 5) is 42.2. The zero-order valence-electron chi connectivity index (χ0n) is 18.4. The third kappa shape index (κ3) is 5.68. The lowest BCUT2D eigenvalue weighted by atomic mass is 9.96. The molecule has 2 fully saturated rings. The van der Waals surface area contributed by atoms with E-state index in [2.05, 4.69) is 5.32 Å². The molecule has 174 valence electrons. The second-order valence-electron chi connectivity index (χ2n) is 8.64. The molecule has 4 rings (SSSR count). The van der Waals surface area contributed by atoms with Crippen molar-refractivity contribution in [3.63, 3.8) is 0 Å². The Morgan fingerprint density at radius 2 is 1.48 bits per heavy atom. The van der Waals surface area contributed by atoms with Gasteiger partial charge in [-0.15, -0.1) is 0 Å². The molecule has 0 saturated carbocycles. The molecule has 0 aromatic heterocycles. The number of piperidine rings is 2. The summed E-state index contributed by atoms with van der Waals surface area (Å²) in [5.74, 6) is -0.641. The highest BCUT2D eigenvalue weighted by molar-refractivity contribution is 6.42. The van der Waals surface area contributed by atoms with Crippen LogP contribution in [-0.4, -0.2) is 53.7 Å². The lowest BCUT2D eigenvalue weighted by Crippen LogP contribution is -2.43. The number of halogens is 2. The maximum absolute atomic E-state index is 13.0. The van der Waals surface area contributed by atoms with Gasteiger partial charge < -0.3 is 15.1 Å². The molecule has 0 radical (unpaired) electrons. The normalized spacial score (nSPS) is 18.7. The van der Waals surface area contributed by atoms with E-state index in [0.29, 0.717) is 46.4 Å². The number of nitrogens with one attached hydrogen (secondary N) is 1. The topological polar surface area (TPSA) is 69.7 Å². The highest BCUT2D eigenvalue weighted by atomic mass is 35.5. The lowest BCUT2D eigenvalue weighted by molar-refractivity contribution is -0.121. The quantitative estimate of drug-likeness (QED) is 0.651. The summed E-state index contributed by atoms with van der Waals surface area (Å²) in [5, 5.41) is 3.66. The van der Waals surface area contributed by atoms with Crippen molar-refractivity contribution in [1.29, 1.82) is 0 Å². The predicted octanol–water partition coefficient (Wildman–Crippen LogP) is 5.11. The molecule has 1 unspecified atom stereocenters. The second kappa shape index (κ2) is 10.6. The molecule has 2 aliphatic heterocycles. The molecule has 1 atom stereocenters. The van der Waals surface area contributed by atoms with Crippen LogP contribution in [0.1, 0.15) is 52.8 Å². The van der Waals surface area contributed by atoms with Crippen LogP contribution >= 0.6 is 23.2 Å². The monoisotopic (exact) mass is 487 g/mol. The minimum absolute atomic E-state index is 0.00172. The van der Waals surface area contributed by atoms with Gasteiger partial charge in [-0.2, -0.15) is 0 Å². The van der Waals surface area contributed by atoms with Gasteiger partial charge in [0.25, 0.3) is 11.8 Å². The standard InChI is InChI=1S/C25H27Cl2N3O3/c26-21-10-9-18(15-22(21)27)25(33)30-13-5-7-19(16-30)23(31)28-20-8-4-6-17(14-20)24(32)29-11-2-1-3-12-29/h4,6,8-10,14-15,19H,1-3,5,7,11-13,16H2,(H,28,31). The first-order valence-electron chi connectivity index (χ1n) is 11.4. The molecule has 0 spiro atoms. The number of benzene rings is 2. The molecule has 2 saturated heterocycles. The molecule has 2 aliphatic rings. The van der Waals surface area contributed by atoms with E-state index < -0.39 is 0 Å². The average Bonchev–Trinajstić information content (AvgIpc) is 2.85. The number of nitrogens with zero attached hydrogens (tertiary/aromatic N) is 2. The van der Waals surface area contributed by atoms with Crippen LogP contribution in [0, 0.1) is 5.92 Å². The Morgan fingerprint density at radius 3 is 2.24 bits per heavy atom. The Labute approximate surface area is 203 Å². The summed E-state index contributed by atoms with van der Waals surface area (Å²) in [7, 11) is 0. The zero-order valence-corrected chi connectivity index (χ0v) is 19.9. The third-order valence-corrected chi connectivity index (χ3v) is 7.01. The summed E-state index contributed by atoms with van der Waals surface area (Å²) in [6.07, 6.45) is 4.65. The summed E-state index contributed by atoms with van der Waals surface area (Å²) >= 11 is 12.0. The van der Waals surface area contributed by atoms with Crippen LogP contribution in [0.3, 0.4) is 0 Å². The van der Waals surface area contributed by atoms with E-state index in [1.165, 1.54) is 0 Å². The first-order valence-corrected chi connectivity index (χ1v) is 12.1. The molecule has 8 heteroatoms. The maximum Gasteiger partial charge on any atom is 0.253 e. The number of rotatable bonds is 4. The molecule has 2 aromatic carbocycles. The summed E-state index contributed by atoms with van der Waals surface area (Å²) < 4.78 is 0. The minimum Gasteiger partial charge on any atom is -0.339 e. The van der Waals surface area contributed by atoms with Gasteiger partial charge in [-0.3, -0.25) is 14.4 Å². The van der Waals surface area contributed by atoms with Crippen LogP contribution in [0.25, 0.3) is 0 Å². The molecular weight excluding hydrogens is 461 g/mol. The van der Waals surface area contributed by atoms with Crippen molar-refractivity contribution in [2.45, 2.75) is 32.1 Å². The van der Waals surface area contributed by atoms with Crippen molar-refractivity contribution >= 4 is 46.6 Å². The molecular formula is C25H27Cl2N3O3. The van der Waals surface area contributed by atoms with Gasteiger partial charge >= 0.3 is 0 Å². The van der Waals surface area contributed by atoms with Gasteiger partial charge in [0.2, 0.25) is 5.91 Å². The van der Waals surface area contributed by atoms with Crippen molar-refractivity contribution in [3.05, 3.63) is 63.6 Å². The van der Waals surface area contributed by atoms with Crippen LogP contribution in [0.15, 0.2) is 42.5 Å². The summed E-state index contributed by atoms with van der Waals surface area (Å²) in [5.41, 5.74) is 1.62. The van der Waals surface area contributed by atoms with Gasteiger partial charge in [-0.05, 0) is 68.5 Å². The first kappa shape index (κ1) is 23.6. The number of anilines is 1. The minimum atomic E-state index is -0.327. The Morgan fingerprint density at radius 1 is 0.788 bits per heavy atom.